The molecule has 0 saturated carbocycles. The lowest BCUT2D eigenvalue weighted by Gasteiger charge is -2.09. The van der Waals surface area contributed by atoms with Crippen LogP contribution >= 0.6 is 15.9 Å². The molecule has 5 heteroatoms. The van der Waals surface area contributed by atoms with Crippen molar-refractivity contribution in [2.24, 2.45) is 5.84 Å². The summed E-state index contributed by atoms with van der Waals surface area (Å²) in [6.07, 6.45) is 0. The number of amides is 1. The van der Waals surface area contributed by atoms with Crippen molar-refractivity contribution in [3.8, 4) is 0 Å². The molecule has 2 aromatic carbocycles. The molecule has 0 spiro atoms. The van der Waals surface area contributed by atoms with Gasteiger partial charge in [0.1, 0.15) is 0 Å². The summed E-state index contributed by atoms with van der Waals surface area (Å²) < 4.78 is 0.963. The summed E-state index contributed by atoms with van der Waals surface area (Å²) in [5.74, 6) is 5.16. The van der Waals surface area contributed by atoms with Gasteiger partial charge in [0, 0.05) is 10.2 Å². The number of nitrogens with one attached hydrogen (secondary N) is 2. The molecule has 92 valence electrons. The molecule has 4 nitrogen and oxygen atoms in total. The second-order valence-corrected chi connectivity index (χ2v) is 4.57. The van der Waals surface area contributed by atoms with Gasteiger partial charge < -0.3 is 10.7 Å². The fraction of sp³-hybridized carbons (Fsp3) is 0. The summed E-state index contributed by atoms with van der Waals surface area (Å²) in [4.78, 5) is 12.1. The molecule has 0 fully saturated rings. The van der Waals surface area contributed by atoms with Crippen molar-refractivity contribution in [2.75, 3.05) is 10.7 Å². The molecule has 0 aliphatic heterocycles. The Bertz CT molecular complexity index is 554. The Kier molecular flexibility index (Phi) is 3.96. The molecule has 0 aliphatic rings. The molecule has 18 heavy (non-hydrogen) atoms. The second kappa shape index (κ2) is 5.66. The van der Waals surface area contributed by atoms with E-state index in [1.165, 1.54) is 0 Å². The van der Waals surface area contributed by atoms with Crippen molar-refractivity contribution in [3.05, 3.63) is 58.6 Å². The molecule has 0 aromatic heterocycles. The van der Waals surface area contributed by atoms with Crippen molar-refractivity contribution in [1.82, 2.24) is 0 Å². The summed E-state index contributed by atoms with van der Waals surface area (Å²) in [6, 6.07) is 14.4. The third-order valence-electron chi connectivity index (χ3n) is 2.43. The van der Waals surface area contributed by atoms with Gasteiger partial charge in [-0.25, -0.2) is 0 Å². The lowest BCUT2D eigenvalue weighted by atomic mass is 10.1. The smallest absolute Gasteiger partial charge is 0.257 e. The maximum Gasteiger partial charge on any atom is 0.257 e. The highest BCUT2D eigenvalue weighted by molar-refractivity contribution is 9.10. The van der Waals surface area contributed by atoms with Crippen LogP contribution in [-0.2, 0) is 0 Å². The number of nitrogens with two attached hydrogens (primary N) is 1. The van der Waals surface area contributed by atoms with E-state index in [2.05, 4.69) is 26.7 Å². The molecule has 0 unspecified atom stereocenters. The van der Waals surface area contributed by atoms with E-state index in [9.17, 15) is 4.79 Å². The van der Waals surface area contributed by atoms with Crippen molar-refractivity contribution in [3.63, 3.8) is 0 Å². The third-order valence-corrected chi connectivity index (χ3v) is 2.96. The average molecular weight is 306 g/mol. The van der Waals surface area contributed by atoms with Crippen LogP contribution in [0.3, 0.4) is 0 Å². The predicted molar refractivity (Wildman–Crippen MR) is 76.3 cm³/mol. The van der Waals surface area contributed by atoms with E-state index in [0.29, 0.717) is 11.3 Å². The number of hydrazine groups is 1. The Labute approximate surface area is 113 Å². The van der Waals surface area contributed by atoms with Crippen molar-refractivity contribution in [1.29, 1.82) is 0 Å². The summed E-state index contributed by atoms with van der Waals surface area (Å²) in [7, 11) is 0. The van der Waals surface area contributed by atoms with E-state index in [0.717, 1.165) is 10.2 Å². The maximum atomic E-state index is 12.1. The van der Waals surface area contributed by atoms with Gasteiger partial charge >= 0.3 is 0 Å². The van der Waals surface area contributed by atoms with Crippen LogP contribution in [0.4, 0.5) is 11.4 Å². The highest BCUT2D eigenvalue weighted by Gasteiger charge is 2.10. The highest BCUT2D eigenvalue weighted by Crippen LogP contribution is 2.18. The van der Waals surface area contributed by atoms with E-state index in [4.69, 9.17) is 5.84 Å². The van der Waals surface area contributed by atoms with Crippen LogP contribution in [0.2, 0.25) is 0 Å². The van der Waals surface area contributed by atoms with Crippen LogP contribution in [0.5, 0.6) is 0 Å². The number of carbonyl (C=O) groups is 1. The number of para-hydroxylation sites is 1. The first-order chi connectivity index (χ1) is 8.70. The average Bonchev–Trinajstić information content (AvgIpc) is 2.41. The van der Waals surface area contributed by atoms with E-state index < -0.39 is 0 Å². The number of carbonyl (C=O) groups excluding carboxylic acids is 1. The van der Waals surface area contributed by atoms with E-state index in [1.807, 2.05) is 30.3 Å². The fourth-order valence-corrected chi connectivity index (χ4v) is 1.80. The molecule has 2 rings (SSSR count). The predicted octanol–water partition coefficient (Wildman–Crippen LogP) is 2.99. The van der Waals surface area contributed by atoms with E-state index >= 15 is 0 Å². The second-order valence-electron chi connectivity index (χ2n) is 3.65. The number of anilines is 2. The Morgan fingerprint density at radius 2 is 1.72 bits per heavy atom. The van der Waals surface area contributed by atoms with Gasteiger partial charge in [0.05, 0.1) is 11.3 Å². The first-order valence-corrected chi connectivity index (χ1v) is 6.12. The Morgan fingerprint density at radius 1 is 1.06 bits per heavy atom. The third kappa shape index (κ3) is 2.88. The number of benzene rings is 2. The van der Waals surface area contributed by atoms with Gasteiger partial charge in [-0.1, -0.05) is 28.1 Å². The van der Waals surface area contributed by atoms with Crippen molar-refractivity contribution < 1.29 is 4.79 Å². The number of rotatable bonds is 3. The van der Waals surface area contributed by atoms with Gasteiger partial charge in [-0.3, -0.25) is 10.6 Å². The largest absolute Gasteiger partial charge is 0.323 e. The van der Waals surface area contributed by atoms with E-state index in [1.54, 1.807) is 18.2 Å². The summed E-state index contributed by atoms with van der Waals surface area (Å²) in [5.41, 5.74) is 4.33. The first kappa shape index (κ1) is 12.6. The monoisotopic (exact) mass is 305 g/mol. The van der Waals surface area contributed by atoms with E-state index in [-0.39, 0.29) is 5.91 Å². The summed E-state index contributed by atoms with van der Waals surface area (Å²) >= 11 is 3.34. The molecule has 0 atom stereocenters. The molecule has 1 amide bonds. The zero-order valence-electron chi connectivity index (χ0n) is 9.48. The molecule has 0 radical (unpaired) electrons. The molecule has 0 saturated heterocycles. The SMILES string of the molecule is NNc1ccccc1C(=O)Nc1ccc(Br)cc1. The fourth-order valence-electron chi connectivity index (χ4n) is 1.54. The summed E-state index contributed by atoms with van der Waals surface area (Å²) in [6.45, 7) is 0. The normalized spacial score (nSPS) is 9.89. The number of nitrogen functional groups attached to an aromatic ring is 1. The molecule has 2 aromatic rings. The minimum absolute atomic E-state index is 0.203. The lowest BCUT2D eigenvalue weighted by molar-refractivity contribution is 0.102. The molecule has 0 heterocycles. The van der Waals surface area contributed by atoms with Gasteiger partial charge in [-0.05, 0) is 36.4 Å². The topological polar surface area (TPSA) is 67.1 Å². The number of hydrogen-bond acceptors (Lipinski definition) is 3. The molecule has 0 aliphatic carbocycles. The molecule has 4 N–H and O–H groups in total. The molecular formula is C13H12BrN3O. The Hall–Kier alpha value is -1.85. The van der Waals surface area contributed by atoms with Gasteiger partial charge in [0.2, 0.25) is 0 Å². The number of halogens is 1. The van der Waals surface area contributed by atoms with Crippen LogP contribution < -0.4 is 16.6 Å². The minimum atomic E-state index is -0.203. The van der Waals surface area contributed by atoms with Gasteiger partial charge in [-0.2, -0.15) is 0 Å². The quantitative estimate of drug-likeness (QED) is 0.603. The van der Waals surface area contributed by atoms with Gasteiger partial charge in [0.15, 0.2) is 0 Å². The zero-order chi connectivity index (χ0) is 13.0. The van der Waals surface area contributed by atoms with Crippen LogP contribution in [0, 0.1) is 0 Å². The minimum Gasteiger partial charge on any atom is -0.323 e. The summed E-state index contributed by atoms with van der Waals surface area (Å²) in [5, 5.41) is 2.80. The zero-order valence-corrected chi connectivity index (χ0v) is 11.1. The Balaban J connectivity index is 2.19. The Morgan fingerprint density at radius 3 is 2.39 bits per heavy atom. The highest BCUT2D eigenvalue weighted by atomic mass is 79.9. The molecule has 0 bridgehead atoms. The van der Waals surface area contributed by atoms with Gasteiger partial charge in [0.25, 0.3) is 5.91 Å². The first-order valence-electron chi connectivity index (χ1n) is 5.33. The van der Waals surface area contributed by atoms with Crippen molar-refractivity contribution >= 4 is 33.2 Å². The maximum absolute atomic E-state index is 12.1. The number of hydrogen-bond donors (Lipinski definition) is 3. The van der Waals surface area contributed by atoms with Gasteiger partial charge in [-0.15, -0.1) is 0 Å². The van der Waals surface area contributed by atoms with Crippen molar-refractivity contribution in [2.45, 2.75) is 0 Å². The lowest BCUT2D eigenvalue weighted by Crippen LogP contribution is -2.17. The van der Waals surface area contributed by atoms with Crippen LogP contribution in [0.1, 0.15) is 10.4 Å². The van der Waals surface area contributed by atoms with Crippen LogP contribution in [0.25, 0.3) is 0 Å². The standard InChI is InChI=1S/C13H12BrN3O/c14-9-5-7-10(8-6-9)16-13(18)11-3-1-2-4-12(11)17-15/h1-8,17H,15H2,(H,16,18). The molecular weight excluding hydrogens is 294 g/mol. The van der Waals surface area contributed by atoms with Crippen LogP contribution in [-0.4, -0.2) is 5.91 Å². The van der Waals surface area contributed by atoms with Crippen LogP contribution in [0.15, 0.2) is 53.0 Å².